The number of piperidine rings is 1. The maximum atomic E-state index is 4.75. The van der Waals surface area contributed by atoms with Crippen LogP contribution in [0.25, 0.3) is 11.4 Å². The van der Waals surface area contributed by atoms with Crippen molar-refractivity contribution in [1.29, 1.82) is 0 Å². The number of aromatic nitrogens is 5. The molecule has 1 aromatic carbocycles. The Morgan fingerprint density at radius 2 is 1.92 bits per heavy atom. The number of likely N-dealkylation sites (tertiary alicyclic amines) is 1. The van der Waals surface area contributed by atoms with E-state index in [4.69, 9.17) is 10.1 Å². The van der Waals surface area contributed by atoms with Gasteiger partial charge in [0.2, 0.25) is 0 Å². The molecule has 0 bridgehead atoms. The smallest absolute Gasteiger partial charge is 0.181 e. The van der Waals surface area contributed by atoms with Gasteiger partial charge < -0.3 is 0 Å². The van der Waals surface area contributed by atoms with Crippen LogP contribution in [-0.2, 0) is 19.5 Å². The van der Waals surface area contributed by atoms with Gasteiger partial charge in [-0.3, -0.25) is 14.7 Å². The number of aryl methyl sites for hydroxylation is 2. The number of benzene rings is 1. The fourth-order valence-electron chi connectivity index (χ4n) is 4.16. The van der Waals surface area contributed by atoms with Gasteiger partial charge in [-0.05, 0) is 44.8 Å². The van der Waals surface area contributed by atoms with Gasteiger partial charge in [0.05, 0.1) is 5.69 Å². The van der Waals surface area contributed by atoms with Crippen molar-refractivity contribution in [2.45, 2.75) is 44.7 Å². The Labute approximate surface area is 153 Å². The molecule has 2 aliphatic heterocycles. The molecule has 0 aliphatic carbocycles. The van der Waals surface area contributed by atoms with Crippen LogP contribution in [0.15, 0.2) is 36.4 Å². The molecule has 0 spiro atoms. The quantitative estimate of drug-likeness (QED) is 0.787. The lowest BCUT2D eigenvalue weighted by Gasteiger charge is -2.30. The number of aromatic amines is 1. The van der Waals surface area contributed by atoms with Crippen molar-refractivity contribution in [3.8, 4) is 11.4 Å². The number of rotatable bonds is 4. The number of H-pyrrole nitrogens is 1. The fraction of sp³-hybridized carbons (Fsp3) is 0.450. The highest BCUT2D eigenvalue weighted by Gasteiger charge is 2.24. The molecule has 1 N–H and O–H groups in total. The zero-order valence-electron chi connectivity index (χ0n) is 14.9. The van der Waals surface area contributed by atoms with Crippen LogP contribution >= 0.6 is 0 Å². The number of fused-ring (bicyclic) bond motifs is 1. The maximum Gasteiger partial charge on any atom is 0.181 e. The summed E-state index contributed by atoms with van der Waals surface area (Å²) in [5, 5.41) is 12.3. The summed E-state index contributed by atoms with van der Waals surface area (Å²) in [6, 6.07) is 12.5. The zero-order chi connectivity index (χ0) is 17.3. The summed E-state index contributed by atoms with van der Waals surface area (Å²) in [4.78, 5) is 7.26. The summed E-state index contributed by atoms with van der Waals surface area (Å²) in [5.74, 6) is 2.31. The van der Waals surface area contributed by atoms with Gasteiger partial charge in [0.15, 0.2) is 5.82 Å². The Kier molecular flexibility index (Phi) is 4.05. The second kappa shape index (κ2) is 6.68. The Bertz CT molecular complexity index is 851. The number of nitrogens with one attached hydrogen (secondary N) is 1. The van der Waals surface area contributed by atoms with Gasteiger partial charge >= 0.3 is 0 Å². The number of hydrogen-bond donors (Lipinski definition) is 1. The molecule has 5 rings (SSSR count). The molecule has 1 saturated heterocycles. The Morgan fingerprint density at radius 1 is 1.08 bits per heavy atom. The van der Waals surface area contributed by atoms with E-state index in [1.165, 1.54) is 24.2 Å². The van der Waals surface area contributed by atoms with Crippen LogP contribution in [-0.4, -0.2) is 43.0 Å². The lowest BCUT2D eigenvalue weighted by Crippen LogP contribution is -2.33. The molecule has 4 heterocycles. The molecule has 2 aliphatic rings. The van der Waals surface area contributed by atoms with E-state index < -0.39 is 0 Å². The van der Waals surface area contributed by atoms with Gasteiger partial charge in [0, 0.05) is 30.3 Å². The molecule has 134 valence electrons. The van der Waals surface area contributed by atoms with E-state index in [0.29, 0.717) is 5.92 Å². The Hall–Kier alpha value is -2.47. The summed E-state index contributed by atoms with van der Waals surface area (Å²) in [6.07, 6.45) is 4.68. The lowest BCUT2D eigenvalue weighted by atomic mass is 9.96. The Balaban J connectivity index is 1.20. The predicted octanol–water partition coefficient (Wildman–Crippen LogP) is 2.99. The Morgan fingerprint density at radius 3 is 2.73 bits per heavy atom. The summed E-state index contributed by atoms with van der Waals surface area (Å²) >= 11 is 0. The van der Waals surface area contributed by atoms with Gasteiger partial charge in [-0.25, -0.2) is 4.98 Å². The van der Waals surface area contributed by atoms with E-state index in [0.717, 1.165) is 56.2 Å². The lowest BCUT2D eigenvalue weighted by molar-refractivity contribution is 0.199. The van der Waals surface area contributed by atoms with Crippen LogP contribution in [0.5, 0.6) is 0 Å². The van der Waals surface area contributed by atoms with E-state index in [9.17, 15) is 0 Å². The first-order valence-electron chi connectivity index (χ1n) is 9.61. The van der Waals surface area contributed by atoms with Crippen molar-refractivity contribution < 1.29 is 0 Å². The van der Waals surface area contributed by atoms with E-state index in [2.05, 4.69) is 38.0 Å². The van der Waals surface area contributed by atoms with Crippen LogP contribution in [0.4, 0.5) is 0 Å². The average molecular weight is 348 g/mol. The topological polar surface area (TPSA) is 62.6 Å². The fourth-order valence-corrected chi connectivity index (χ4v) is 4.16. The monoisotopic (exact) mass is 348 g/mol. The minimum absolute atomic E-state index is 0.475. The maximum absolute atomic E-state index is 4.75. The van der Waals surface area contributed by atoms with Crippen LogP contribution in [0.3, 0.4) is 0 Å². The molecular formula is C20H24N6. The van der Waals surface area contributed by atoms with E-state index >= 15 is 0 Å². The summed E-state index contributed by atoms with van der Waals surface area (Å²) < 4.78 is 2.18. The van der Waals surface area contributed by atoms with Crippen molar-refractivity contribution in [3.63, 3.8) is 0 Å². The first-order chi connectivity index (χ1) is 12.8. The van der Waals surface area contributed by atoms with Crippen LogP contribution in [0.1, 0.15) is 42.4 Å². The highest BCUT2D eigenvalue weighted by Crippen LogP contribution is 2.28. The van der Waals surface area contributed by atoms with Crippen LogP contribution in [0, 0.1) is 0 Å². The minimum atomic E-state index is 0.475. The molecule has 6 nitrogen and oxygen atoms in total. The molecule has 0 unspecified atom stereocenters. The van der Waals surface area contributed by atoms with Gasteiger partial charge in [-0.15, -0.1) is 0 Å². The zero-order valence-corrected chi connectivity index (χ0v) is 14.9. The van der Waals surface area contributed by atoms with Crippen LogP contribution in [0.2, 0.25) is 0 Å². The summed E-state index contributed by atoms with van der Waals surface area (Å²) in [7, 11) is 0. The first-order valence-corrected chi connectivity index (χ1v) is 9.61. The molecule has 1 fully saturated rings. The van der Waals surface area contributed by atoms with Gasteiger partial charge in [-0.2, -0.15) is 10.2 Å². The highest BCUT2D eigenvalue weighted by atomic mass is 15.3. The molecule has 6 heteroatoms. The second-order valence-corrected chi connectivity index (χ2v) is 7.41. The molecule has 26 heavy (non-hydrogen) atoms. The predicted molar refractivity (Wildman–Crippen MR) is 99.6 cm³/mol. The second-order valence-electron chi connectivity index (χ2n) is 7.41. The van der Waals surface area contributed by atoms with Gasteiger partial charge in [-0.1, -0.05) is 30.3 Å². The van der Waals surface area contributed by atoms with Crippen molar-refractivity contribution in [2.75, 3.05) is 13.1 Å². The molecule has 0 atom stereocenters. The SMILES string of the molecule is c1ccc(-c2n[nH]c(C3CCN(Cc4cc5n(n4)CCC5)CC3)n2)cc1. The molecule has 0 amide bonds. The van der Waals surface area contributed by atoms with Crippen molar-refractivity contribution in [2.24, 2.45) is 0 Å². The molecule has 0 saturated carbocycles. The average Bonchev–Trinajstić information content (AvgIpc) is 3.39. The molecule has 2 aromatic heterocycles. The van der Waals surface area contributed by atoms with Crippen molar-refractivity contribution in [3.05, 3.63) is 53.6 Å². The third-order valence-electron chi connectivity index (χ3n) is 5.61. The van der Waals surface area contributed by atoms with Gasteiger partial charge in [0.1, 0.15) is 5.82 Å². The minimum Gasteiger partial charge on any atom is -0.297 e. The molecular weight excluding hydrogens is 324 g/mol. The number of hydrogen-bond acceptors (Lipinski definition) is 4. The van der Waals surface area contributed by atoms with Crippen molar-refractivity contribution >= 4 is 0 Å². The third-order valence-corrected chi connectivity index (χ3v) is 5.61. The van der Waals surface area contributed by atoms with Gasteiger partial charge in [0.25, 0.3) is 0 Å². The third kappa shape index (κ3) is 3.05. The van der Waals surface area contributed by atoms with Crippen molar-refractivity contribution in [1.82, 2.24) is 29.9 Å². The van der Waals surface area contributed by atoms with E-state index in [1.54, 1.807) is 0 Å². The van der Waals surface area contributed by atoms with E-state index in [1.807, 2.05) is 18.2 Å². The highest BCUT2D eigenvalue weighted by molar-refractivity contribution is 5.53. The molecule has 3 aromatic rings. The number of nitrogens with zero attached hydrogens (tertiary/aromatic N) is 5. The first kappa shape index (κ1) is 15.8. The van der Waals surface area contributed by atoms with Crippen LogP contribution < -0.4 is 0 Å². The normalized spacial score (nSPS) is 18.3. The molecule has 0 radical (unpaired) electrons. The standard InChI is InChI=1S/C20H24N6/c1-2-5-15(6-3-1)19-21-20(23-22-19)16-8-11-25(12-9-16)14-17-13-18-7-4-10-26(18)24-17/h1-3,5-6,13,16H,4,7-12,14H2,(H,21,22,23). The van der Waals surface area contributed by atoms with E-state index in [-0.39, 0.29) is 0 Å². The largest absolute Gasteiger partial charge is 0.297 e. The summed E-state index contributed by atoms with van der Waals surface area (Å²) in [5.41, 5.74) is 3.70. The summed E-state index contributed by atoms with van der Waals surface area (Å²) in [6.45, 7) is 4.24.